The van der Waals surface area contributed by atoms with E-state index in [1.165, 1.54) is 38.6 Å². The molecule has 0 N–H and O–H groups in total. The van der Waals surface area contributed by atoms with Gasteiger partial charge in [-0.3, -0.25) is 0 Å². The summed E-state index contributed by atoms with van der Waals surface area (Å²) in [6, 6.07) is 90.8. The van der Waals surface area contributed by atoms with Crippen LogP contribution in [0.1, 0.15) is 0 Å². The van der Waals surface area contributed by atoms with E-state index in [1.54, 1.807) is 0 Å². The fourth-order valence-corrected chi connectivity index (χ4v) is 9.38. The molecule has 12 rings (SSSR count). The molecule has 66 heavy (non-hydrogen) atoms. The topological polar surface area (TPSA) is 29.3 Å². The number of hydrogen-bond acceptors (Lipinski definition) is 3. The third-order valence-electron chi connectivity index (χ3n) is 12.7. The standard InChI is InChI=1S/C63H42N2O/c1-3-12-43(13-4-1)45-24-26-50(27-25-45)63-64-62-60-23-11-22-58(59(60)40-41-61(62)66-63)52-19-9-18-51(42-52)47-30-36-54(37-31-47)65(53-34-28-46(29-35-53)44-14-5-2-6-15-44)55-38-32-49(33-39-55)57-21-10-17-48-16-7-8-20-56(48)57/h1-42H. The molecular weight excluding hydrogens is 801 g/mol. The van der Waals surface area contributed by atoms with Gasteiger partial charge >= 0.3 is 0 Å². The molecule has 0 unspecified atom stereocenters. The average Bonchev–Trinajstić information content (AvgIpc) is 3.85. The van der Waals surface area contributed by atoms with Crippen LogP contribution >= 0.6 is 0 Å². The van der Waals surface area contributed by atoms with E-state index >= 15 is 0 Å². The highest BCUT2D eigenvalue weighted by Gasteiger charge is 2.17. The Kier molecular flexibility index (Phi) is 9.85. The third-order valence-corrected chi connectivity index (χ3v) is 12.7. The zero-order chi connectivity index (χ0) is 43.8. The van der Waals surface area contributed by atoms with Gasteiger partial charge in [-0.15, -0.1) is 0 Å². The number of oxazole rings is 1. The lowest BCUT2D eigenvalue weighted by molar-refractivity contribution is 0.620. The third kappa shape index (κ3) is 7.29. The molecule has 0 fully saturated rings. The van der Waals surface area contributed by atoms with Crippen molar-refractivity contribution in [3.63, 3.8) is 0 Å². The number of fused-ring (bicyclic) bond motifs is 4. The molecule has 11 aromatic carbocycles. The molecule has 0 aliphatic heterocycles. The first-order valence-corrected chi connectivity index (χ1v) is 22.4. The summed E-state index contributed by atoms with van der Waals surface area (Å²) in [5.74, 6) is 0.619. The number of benzene rings is 11. The summed E-state index contributed by atoms with van der Waals surface area (Å²) < 4.78 is 6.36. The minimum atomic E-state index is 0.619. The maximum Gasteiger partial charge on any atom is 0.227 e. The second kappa shape index (κ2) is 16.7. The van der Waals surface area contributed by atoms with Gasteiger partial charge in [0.2, 0.25) is 5.89 Å². The van der Waals surface area contributed by atoms with Gasteiger partial charge in [-0.2, -0.15) is 0 Å². The number of aromatic nitrogens is 1. The number of nitrogens with zero attached hydrogens (tertiary/aromatic N) is 2. The van der Waals surface area contributed by atoms with Crippen LogP contribution in [0.5, 0.6) is 0 Å². The highest BCUT2D eigenvalue weighted by Crippen LogP contribution is 2.40. The largest absolute Gasteiger partial charge is 0.436 e. The molecular formula is C63H42N2O. The van der Waals surface area contributed by atoms with Gasteiger partial charge in [0.15, 0.2) is 5.58 Å². The Bertz CT molecular complexity index is 3650. The summed E-state index contributed by atoms with van der Waals surface area (Å²) in [5.41, 5.74) is 17.6. The van der Waals surface area contributed by atoms with Gasteiger partial charge < -0.3 is 9.32 Å². The maximum atomic E-state index is 6.36. The van der Waals surface area contributed by atoms with Gasteiger partial charge in [-0.25, -0.2) is 4.98 Å². The summed E-state index contributed by atoms with van der Waals surface area (Å²) in [6.07, 6.45) is 0. The average molecular weight is 843 g/mol. The van der Waals surface area contributed by atoms with E-state index in [0.717, 1.165) is 72.3 Å². The normalized spacial score (nSPS) is 11.3. The minimum Gasteiger partial charge on any atom is -0.436 e. The molecule has 12 aromatic rings. The van der Waals surface area contributed by atoms with Gasteiger partial charge in [0.1, 0.15) is 5.52 Å². The van der Waals surface area contributed by atoms with E-state index < -0.39 is 0 Å². The van der Waals surface area contributed by atoms with E-state index in [1.807, 2.05) is 6.07 Å². The lowest BCUT2D eigenvalue weighted by atomic mass is 9.94. The molecule has 1 heterocycles. The summed E-state index contributed by atoms with van der Waals surface area (Å²) in [6.45, 7) is 0. The van der Waals surface area contributed by atoms with Crippen LogP contribution < -0.4 is 4.90 Å². The van der Waals surface area contributed by atoms with Crippen LogP contribution in [0.25, 0.3) is 99.7 Å². The van der Waals surface area contributed by atoms with Crippen LogP contribution in [0.15, 0.2) is 259 Å². The Morgan fingerprint density at radius 3 is 1.38 bits per heavy atom. The van der Waals surface area contributed by atoms with E-state index in [0.29, 0.717) is 5.89 Å². The lowest BCUT2D eigenvalue weighted by Gasteiger charge is -2.26. The number of rotatable bonds is 9. The molecule has 0 atom stereocenters. The van der Waals surface area contributed by atoms with Gasteiger partial charge in [0.05, 0.1) is 0 Å². The SMILES string of the molecule is c1ccc(-c2ccc(-c3nc4c(ccc5c(-c6cccc(-c7ccc(N(c8ccc(-c9ccccc9)cc8)c8ccc(-c9cccc%10ccccc9%10)cc8)cc7)c6)cccc54)o3)cc2)cc1. The van der Waals surface area contributed by atoms with E-state index in [2.05, 4.69) is 254 Å². The Labute approximate surface area is 384 Å². The highest BCUT2D eigenvalue weighted by atomic mass is 16.3. The van der Waals surface area contributed by atoms with Gasteiger partial charge in [0, 0.05) is 28.0 Å². The molecule has 0 bridgehead atoms. The van der Waals surface area contributed by atoms with Crippen LogP contribution in [-0.4, -0.2) is 4.98 Å². The molecule has 0 saturated carbocycles. The van der Waals surface area contributed by atoms with Crippen molar-refractivity contribution in [2.45, 2.75) is 0 Å². The molecule has 310 valence electrons. The molecule has 3 nitrogen and oxygen atoms in total. The van der Waals surface area contributed by atoms with Crippen LogP contribution in [0.3, 0.4) is 0 Å². The van der Waals surface area contributed by atoms with Crippen molar-refractivity contribution < 1.29 is 4.42 Å². The van der Waals surface area contributed by atoms with Crippen molar-refractivity contribution in [1.29, 1.82) is 0 Å². The van der Waals surface area contributed by atoms with Crippen LogP contribution in [0.4, 0.5) is 17.1 Å². The Morgan fingerprint density at radius 2 is 0.727 bits per heavy atom. The monoisotopic (exact) mass is 842 g/mol. The quantitative estimate of drug-likeness (QED) is 0.145. The lowest BCUT2D eigenvalue weighted by Crippen LogP contribution is -2.09. The molecule has 0 aliphatic rings. The van der Waals surface area contributed by atoms with E-state index in [9.17, 15) is 0 Å². The van der Waals surface area contributed by atoms with Crippen LogP contribution in [0.2, 0.25) is 0 Å². The summed E-state index contributed by atoms with van der Waals surface area (Å²) in [4.78, 5) is 7.40. The molecule has 0 spiro atoms. The number of hydrogen-bond donors (Lipinski definition) is 0. The molecule has 0 amide bonds. The summed E-state index contributed by atoms with van der Waals surface area (Å²) in [5, 5.41) is 4.70. The predicted octanol–water partition coefficient (Wildman–Crippen LogP) is 17.6. The minimum absolute atomic E-state index is 0.619. The van der Waals surface area contributed by atoms with Crippen LogP contribution in [0, 0.1) is 0 Å². The fraction of sp³-hybridized carbons (Fsp3) is 0. The number of anilines is 3. The Balaban J connectivity index is 0.863. The molecule has 0 saturated heterocycles. The Morgan fingerprint density at radius 1 is 0.288 bits per heavy atom. The van der Waals surface area contributed by atoms with Crippen molar-refractivity contribution >= 4 is 49.7 Å². The van der Waals surface area contributed by atoms with Gasteiger partial charge in [-0.05, 0) is 139 Å². The molecule has 3 heteroatoms. The summed E-state index contributed by atoms with van der Waals surface area (Å²) >= 11 is 0. The fourth-order valence-electron chi connectivity index (χ4n) is 9.38. The first-order valence-electron chi connectivity index (χ1n) is 22.4. The van der Waals surface area contributed by atoms with Crippen molar-refractivity contribution in [3.8, 4) is 67.1 Å². The zero-order valence-corrected chi connectivity index (χ0v) is 36.1. The first kappa shape index (κ1) is 38.9. The van der Waals surface area contributed by atoms with Crippen molar-refractivity contribution in [3.05, 3.63) is 255 Å². The van der Waals surface area contributed by atoms with Crippen molar-refractivity contribution in [1.82, 2.24) is 4.98 Å². The summed E-state index contributed by atoms with van der Waals surface area (Å²) in [7, 11) is 0. The molecule has 0 aliphatic carbocycles. The maximum absolute atomic E-state index is 6.36. The Hall–Kier alpha value is -8.79. The second-order valence-electron chi connectivity index (χ2n) is 16.7. The van der Waals surface area contributed by atoms with Crippen molar-refractivity contribution in [2.24, 2.45) is 0 Å². The smallest absolute Gasteiger partial charge is 0.227 e. The predicted molar refractivity (Wildman–Crippen MR) is 276 cm³/mol. The first-order chi connectivity index (χ1) is 32.7. The van der Waals surface area contributed by atoms with Gasteiger partial charge in [-0.1, -0.05) is 188 Å². The second-order valence-corrected chi connectivity index (χ2v) is 16.7. The van der Waals surface area contributed by atoms with Crippen molar-refractivity contribution in [2.75, 3.05) is 4.90 Å². The van der Waals surface area contributed by atoms with Crippen LogP contribution in [-0.2, 0) is 0 Å². The zero-order valence-electron chi connectivity index (χ0n) is 36.1. The van der Waals surface area contributed by atoms with Gasteiger partial charge in [0.25, 0.3) is 0 Å². The highest BCUT2D eigenvalue weighted by molar-refractivity contribution is 6.10. The molecule has 0 radical (unpaired) electrons. The molecule has 1 aromatic heterocycles. The van der Waals surface area contributed by atoms with E-state index in [-0.39, 0.29) is 0 Å². The van der Waals surface area contributed by atoms with E-state index in [4.69, 9.17) is 9.40 Å².